The summed E-state index contributed by atoms with van der Waals surface area (Å²) in [5.74, 6) is 1.79. The first-order valence-corrected chi connectivity index (χ1v) is 6.04. The summed E-state index contributed by atoms with van der Waals surface area (Å²) in [7, 11) is 1.61. The summed E-state index contributed by atoms with van der Waals surface area (Å²) in [6.45, 7) is 0.327. The number of ether oxygens (including phenoxy) is 2. The van der Waals surface area contributed by atoms with Crippen molar-refractivity contribution in [2.24, 2.45) is 5.73 Å². The summed E-state index contributed by atoms with van der Waals surface area (Å²) < 4.78 is 11.5. The number of hydrogen-bond acceptors (Lipinski definition) is 5. The maximum absolute atomic E-state index is 5.62. The molecule has 0 spiro atoms. The van der Waals surface area contributed by atoms with E-state index in [1.165, 1.54) is 6.20 Å². The molecule has 2 rings (SSSR count). The highest BCUT2D eigenvalue weighted by molar-refractivity contribution is 9.10. The van der Waals surface area contributed by atoms with Crippen molar-refractivity contribution in [3.05, 3.63) is 40.8 Å². The van der Waals surface area contributed by atoms with Gasteiger partial charge in [0, 0.05) is 12.7 Å². The van der Waals surface area contributed by atoms with Crippen molar-refractivity contribution in [3.8, 4) is 17.4 Å². The van der Waals surface area contributed by atoms with Crippen molar-refractivity contribution in [1.29, 1.82) is 0 Å². The van der Waals surface area contributed by atoms with E-state index < -0.39 is 0 Å². The monoisotopic (exact) mass is 309 g/mol. The molecule has 2 N–H and O–H groups in total. The van der Waals surface area contributed by atoms with E-state index in [9.17, 15) is 0 Å². The van der Waals surface area contributed by atoms with Gasteiger partial charge in [0.25, 0.3) is 0 Å². The Bertz CT molecular complexity index is 549. The lowest BCUT2D eigenvalue weighted by Crippen LogP contribution is -2.01. The Morgan fingerprint density at radius 2 is 2.17 bits per heavy atom. The largest absolute Gasteiger partial charge is 0.497 e. The molecule has 0 saturated heterocycles. The van der Waals surface area contributed by atoms with Crippen molar-refractivity contribution >= 4 is 15.9 Å². The van der Waals surface area contributed by atoms with E-state index in [1.54, 1.807) is 25.4 Å². The normalized spacial score (nSPS) is 10.2. The van der Waals surface area contributed by atoms with Crippen LogP contribution in [-0.4, -0.2) is 17.1 Å². The third-order valence-corrected chi connectivity index (χ3v) is 2.84. The fourth-order valence-corrected chi connectivity index (χ4v) is 1.78. The van der Waals surface area contributed by atoms with Gasteiger partial charge in [0.1, 0.15) is 11.5 Å². The van der Waals surface area contributed by atoms with E-state index in [2.05, 4.69) is 25.9 Å². The molecule has 94 valence electrons. The number of nitrogens with zero attached hydrogens (tertiary/aromatic N) is 2. The second-order valence-electron chi connectivity index (χ2n) is 3.45. The van der Waals surface area contributed by atoms with Crippen LogP contribution in [0, 0.1) is 0 Å². The van der Waals surface area contributed by atoms with Gasteiger partial charge < -0.3 is 15.2 Å². The lowest BCUT2D eigenvalue weighted by Gasteiger charge is -2.08. The topological polar surface area (TPSA) is 70.3 Å². The Morgan fingerprint density at radius 1 is 1.33 bits per heavy atom. The predicted molar refractivity (Wildman–Crippen MR) is 70.7 cm³/mol. The molecule has 5 nitrogen and oxygen atoms in total. The van der Waals surface area contributed by atoms with E-state index in [4.69, 9.17) is 15.2 Å². The number of nitrogens with two attached hydrogens (primary N) is 1. The SMILES string of the molecule is COc1ccc(Oc2cncc(CN)n2)c(Br)c1. The van der Waals surface area contributed by atoms with Crippen LogP contribution in [0.1, 0.15) is 5.69 Å². The molecule has 0 aliphatic carbocycles. The molecule has 1 aromatic heterocycles. The van der Waals surface area contributed by atoms with Crippen molar-refractivity contribution < 1.29 is 9.47 Å². The minimum atomic E-state index is 0.327. The Morgan fingerprint density at radius 3 is 2.83 bits per heavy atom. The Hall–Kier alpha value is -1.66. The van der Waals surface area contributed by atoms with Crippen LogP contribution < -0.4 is 15.2 Å². The zero-order chi connectivity index (χ0) is 13.0. The standard InChI is InChI=1S/C12H12BrN3O2/c1-17-9-2-3-11(10(13)4-9)18-12-7-15-6-8(5-14)16-12/h2-4,6-7H,5,14H2,1H3. The van der Waals surface area contributed by atoms with Crippen molar-refractivity contribution in [2.75, 3.05) is 7.11 Å². The van der Waals surface area contributed by atoms with E-state index in [0.29, 0.717) is 23.9 Å². The van der Waals surface area contributed by atoms with Gasteiger partial charge in [0.05, 0.1) is 23.5 Å². The minimum Gasteiger partial charge on any atom is -0.497 e. The van der Waals surface area contributed by atoms with Crippen LogP contribution in [0.25, 0.3) is 0 Å². The second-order valence-corrected chi connectivity index (χ2v) is 4.31. The first-order chi connectivity index (χ1) is 8.72. The van der Waals surface area contributed by atoms with Crippen molar-refractivity contribution in [3.63, 3.8) is 0 Å². The molecule has 0 bridgehead atoms. The van der Waals surface area contributed by atoms with Gasteiger partial charge in [0.2, 0.25) is 5.88 Å². The van der Waals surface area contributed by atoms with Crippen LogP contribution in [0.3, 0.4) is 0 Å². The first-order valence-electron chi connectivity index (χ1n) is 5.25. The van der Waals surface area contributed by atoms with E-state index in [1.807, 2.05) is 6.07 Å². The Labute approximate surface area is 113 Å². The van der Waals surface area contributed by atoms with Crippen LogP contribution >= 0.6 is 15.9 Å². The lowest BCUT2D eigenvalue weighted by atomic mass is 10.3. The van der Waals surface area contributed by atoms with Gasteiger partial charge in [-0.1, -0.05) is 0 Å². The van der Waals surface area contributed by atoms with E-state index in [0.717, 1.165) is 10.2 Å². The molecule has 0 saturated carbocycles. The number of rotatable bonds is 4. The summed E-state index contributed by atoms with van der Waals surface area (Å²) in [5.41, 5.74) is 6.17. The quantitative estimate of drug-likeness (QED) is 0.939. The summed E-state index contributed by atoms with van der Waals surface area (Å²) in [6, 6.07) is 5.41. The minimum absolute atomic E-state index is 0.327. The lowest BCUT2D eigenvalue weighted by molar-refractivity contribution is 0.411. The number of hydrogen-bond donors (Lipinski definition) is 1. The van der Waals surface area contributed by atoms with Crippen molar-refractivity contribution in [2.45, 2.75) is 6.54 Å². The fourth-order valence-electron chi connectivity index (χ4n) is 1.34. The molecule has 2 aromatic rings. The van der Waals surface area contributed by atoms with Gasteiger partial charge in [-0.3, -0.25) is 4.98 Å². The second kappa shape index (κ2) is 5.79. The number of aromatic nitrogens is 2. The number of benzene rings is 1. The zero-order valence-corrected chi connectivity index (χ0v) is 11.3. The van der Waals surface area contributed by atoms with Crippen LogP contribution in [0.2, 0.25) is 0 Å². The fraction of sp³-hybridized carbons (Fsp3) is 0.167. The van der Waals surface area contributed by atoms with Gasteiger partial charge >= 0.3 is 0 Å². The van der Waals surface area contributed by atoms with Gasteiger partial charge in [-0.25, -0.2) is 4.98 Å². The summed E-state index contributed by atoms with van der Waals surface area (Å²) >= 11 is 3.40. The summed E-state index contributed by atoms with van der Waals surface area (Å²) in [5, 5.41) is 0. The Balaban J connectivity index is 2.22. The van der Waals surface area contributed by atoms with Gasteiger partial charge in [-0.2, -0.15) is 0 Å². The van der Waals surface area contributed by atoms with Crippen LogP contribution in [-0.2, 0) is 6.54 Å². The molecular formula is C12H12BrN3O2. The van der Waals surface area contributed by atoms with E-state index >= 15 is 0 Å². The molecule has 0 aliphatic heterocycles. The third-order valence-electron chi connectivity index (χ3n) is 2.23. The van der Waals surface area contributed by atoms with Gasteiger partial charge in [0.15, 0.2) is 0 Å². The highest BCUT2D eigenvalue weighted by Crippen LogP contribution is 2.31. The van der Waals surface area contributed by atoms with Crippen LogP contribution in [0.15, 0.2) is 35.1 Å². The maximum atomic E-state index is 5.62. The summed E-state index contributed by atoms with van der Waals surface area (Å²) in [4.78, 5) is 8.22. The molecule has 1 heterocycles. The smallest absolute Gasteiger partial charge is 0.238 e. The number of halogens is 1. The van der Waals surface area contributed by atoms with Gasteiger partial charge in [-0.15, -0.1) is 0 Å². The first kappa shape index (κ1) is 12.8. The molecule has 0 fully saturated rings. The highest BCUT2D eigenvalue weighted by Gasteiger charge is 2.06. The van der Waals surface area contributed by atoms with Crippen LogP contribution in [0.4, 0.5) is 0 Å². The third kappa shape index (κ3) is 2.96. The molecule has 0 unspecified atom stereocenters. The molecular weight excluding hydrogens is 298 g/mol. The van der Waals surface area contributed by atoms with Gasteiger partial charge in [-0.05, 0) is 34.1 Å². The molecule has 6 heteroatoms. The zero-order valence-electron chi connectivity index (χ0n) is 9.76. The molecule has 0 aliphatic rings. The Kier molecular flexibility index (Phi) is 4.11. The average molecular weight is 310 g/mol. The number of methoxy groups -OCH3 is 1. The summed E-state index contributed by atoms with van der Waals surface area (Å²) in [6.07, 6.45) is 3.14. The molecule has 0 radical (unpaired) electrons. The van der Waals surface area contributed by atoms with Crippen molar-refractivity contribution in [1.82, 2.24) is 9.97 Å². The molecule has 0 amide bonds. The maximum Gasteiger partial charge on any atom is 0.238 e. The molecule has 0 atom stereocenters. The highest BCUT2D eigenvalue weighted by atomic mass is 79.9. The van der Waals surface area contributed by atoms with Crippen LogP contribution in [0.5, 0.6) is 17.4 Å². The molecule has 1 aromatic carbocycles. The molecule has 18 heavy (non-hydrogen) atoms. The average Bonchev–Trinajstić information content (AvgIpc) is 2.41. The van der Waals surface area contributed by atoms with E-state index in [-0.39, 0.29) is 0 Å². The predicted octanol–water partition coefficient (Wildman–Crippen LogP) is 2.50.